The summed E-state index contributed by atoms with van der Waals surface area (Å²) >= 11 is 0. The molecule has 0 unspecified atom stereocenters. The molecule has 1 fully saturated rings. The smallest absolute Gasteiger partial charge is 0.216 e. The molecule has 0 heterocycles. The van der Waals surface area contributed by atoms with Crippen molar-refractivity contribution in [2.24, 2.45) is 11.8 Å². The average molecular weight is 291 g/mol. The minimum Gasteiger partial charge on any atom is -0.392 e. The maximum absolute atomic E-state index is 12.5. The first-order valence-electron chi connectivity index (χ1n) is 7.45. The SMILES string of the molecule is CCC[C@H]1C[C@H](O)[C@H](C(=O)c2ccccc2)C[C@@H]1[N+](=O)[O-]. The summed E-state index contributed by atoms with van der Waals surface area (Å²) in [7, 11) is 0. The second-order valence-electron chi connectivity index (χ2n) is 5.78. The van der Waals surface area contributed by atoms with Gasteiger partial charge in [-0.2, -0.15) is 0 Å². The van der Waals surface area contributed by atoms with Crippen LogP contribution < -0.4 is 0 Å². The fourth-order valence-electron chi connectivity index (χ4n) is 3.28. The first kappa shape index (κ1) is 15.6. The van der Waals surface area contributed by atoms with Crippen molar-refractivity contribution in [2.45, 2.75) is 44.8 Å². The van der Waals surface area contributed by atoms with E-state index in [1.54, 1.807) is 24.3 Å². The van der Waals surface area contributed by atoms with Gasteiger partial charge in [-0.1, -0.05) is 43.7 Å². The van der Waals surface area contributed by atoms with E-state index in [2.05, 4.69) is 0 Å². The molecule has 0 saturated heterocycles. The number of Topliss-reactive ketones (excluding diaryl/α,β-unsaturated/α-hetero) is 1. The van der Waals surface area contributed by atoms with Crippen LogP contribution in [0.5, 0.6) is 0 Å². The maximum atomic E-state index is 12.5. The predicted molar refractivity (Wildman–Crippen MR) is 78.7 cm³/mol. The van der Waals surface area contributed by atoms with Crippen LogP contribution in [-0.4, -0.2) is 28.0 Å². The summed E-state index contributed by atoms with van der Waals surface area (Å²) in [5.41, 5.74) is 0.512. The molecular weight excluding hydrogens is 270 g/mol. The molecule has 5 heteroatoms. The molecule has 2 rings (SSSR count). The molecule has 1 N–H and O–H groups in total. The predicted octanol–water partition coefficient (Wildman–Crippen LogP) is 2.70. The lowest BCUT2D eigenvalue weighted by molar-refractivity contribution is -0.538. The summed E-state index contributed by atoms with van der Waals surface area (Å²) in [6.45, 7) is 1.98. The van der Waals surface area contributed by atoms with Gasteiger partial charge in [-0.15, -0.1) is 0 Å². The van der Waals surface area contributed by atoms with Gasteiger partial charge >= 0.3 is 0 Å². The van der Waals surface area contributed by atoms with Crippen molar-refractivity contribution in [1.82, 2.24) is 0 Å². The van der Waals surface area contributed by atoms with Crippen molar-refractivity contribution < 1.29 is 14.8 Å². The Morgan fingerprint density at radius 2 is 2.00 bits per heavy atom. The zero-order valence-electron chi connectivity index (χ0n) is 12.1. The average Bonchev–Trinajstić information content (AvgIpc) is 2.47. The van der Waals surface area contributed by atoms with Crippen molar-refractivity contribution in [3.05, 3.63) is 46.0 Å². The monoisotopic (exact) mass is 291 g/mol. The quantitative estimate of drug-likeness (QED) is 0.514. The van der Waals surface area contributed by atoms with Crippen LogP contribution in [0.15, 0.2) is 30.3 Å². The van der Waals surface area contributed by atoms with Crippen molar-refractivity contribution in [2.75, 3.05) is 0 Å². The molecule has 5 nitrogen and oxygen atoms in total. The maximum Gasteiger partial charge on any atom is 0.216 e. The molecule has 1 aliphatic carbocycles. The number of benzene rings is 1. The molecule has 0 aromatic heterocycles. The fraction of sp³-hybridized carbons (Fsp3) is 0.562. The van der Waals surface area contributed by atoms with Crippen molar-refractivity contribution in [3.63, 3.8) is 0 Å². The summed E-state index contributed by atoms with van der Waals surface area (Å²) in [5.74, 6) is -0.999. The van der Waals surface area contributed by atoms with Crippen molar-refractivity contribution >= 4 is 5.78 Å². The minimum atomic E-state index is -0.787. The highest BCUT2D eigenvalue weighted by Crippen LogP contribution is 2.35. The van der Waals surface area contributed by atoms with Crippen LogP contribution in [0, 0.1) is 22.0 Å². The molecule has 0 radical (unpaired) electrons. The molecule has 1 aromatic carbocycles. The van der Waals surface area contributed by atoms with Gasteiger partial charge in [0.15, 0.2) is 5.78 Å². The van der Waals surface area contributed by atoms with Crippen LogP contribution in [0.1, 0.15) is 43.0 Å². The van der Waals surface area contributed by atoms with E-state index in [0.717, 1.165) is 12.8 Å². The third kappa shape index (κ3) is 3.47. The van der Waals surface area contributed by atoms with Gasteiger partial charge in [0, 0.05) is 22.8 Å². The van der Waals surface area contributed by atoms with Crippen LogP contribution in [0.25, 0.3) is 0 Å². The zero-order chi connectivity index (χ0) is 15.4. The number of nitro groups is 1. The number of rotatable bonds is 5. The number of hydrogen-bond donors (Lipinski definition) is 1. The molecule has 21 heavy (non-hydrogen) atoms. The summed E-state index contributed by atoms with van der Waals surface area (Å²) in [6.07, 6.45) is 1.24. The lowest BCUT2D eigenvalue weighted by Crippen LogP contribution is -2.45. The Morgan fingerprint density at radius 1 is 1.33 bits per heavy atom. The zero-order valence-corrected chi connectivity index (χ0v) is 12.1. The van der Waals surface area contributed by atoms with Crippen LogP contribution in [0.3, 0.4) is 0 Å². The van der Waals surface area contributed by atoms with E-state index in [4.69, 9.17) is 0 Å². The highest BCUT2D eigenvalue weighted by Gasteiger charge is 2.45. The first-order chi connectivity index (χ1) is 10.0. The Labute approximate surface area is 124 Å². The number of ketones is 1. The fourth-order valence-corrected chi connectivity index (χ4v) is 3.28. The van der Waals surface area contributed by atoms with Gasteiger partial charge in [0.1, 0.15) is 0 Å². The Balaban J connectivity index is 2.17. The van der Waals surface area contributed by atoms with Gasteiger partial charge in [0.05, 0.1) is 12.0 Å². The number of carbonyl (C=O) groups excluding carboxylic acids is 1. The molecule has 114 valence electrons. The molecule has 0 amide bonds. The van der Waals surface area contributed by atoms with E-state index in [-0.39, 0.29) is 23.0 Å². The van der Waals surface area contributed by atoms with E-state index >= 15 is 0 Å². The Bertz CT molecular complexity index is 502. The van der Waals surface area contributed by atoms with Gasteiger partial charge in [-0.3, -0.25) is 14.9 Å². The molecule has 1 aromatic rings. The molecule has 1 saturated carbocycles. The third-order valence-corrected chi connectivity index (χ3v) is 4.37. The van der Waals surface area contributed by atoms with Gasteiger partial charge in [-0.05, 0) is 12.8 Å². The summed E-state index contributed by atoms with van der Waals surface area (Å²) in [5, 5.41) is 21.5. The van der Waals surface area contributed by atoms with E-state index in [0.29, 0.717) is 12.0 Å². The Morgan fingerprint density at radius 3 is 2.57 bits per heavy atom. The van der Waals surface area contributed by atoms with E-state index < -0.39 is 18.1 Å². The van der Waals surface area contributed by atoms with Crippen LogP contribution in [-0.2, 0) is 0 Å². The van der Waals surface area contributed by atoms with E-state index in [1.807, 2.05) is 13.0 Å². The topological polar surface area (TPSA) is 80.4 Å². The van der Waals surface area contributed by atoms with Gasteiger partial charge in [0.2, 0.25) is 6.04 Å². The molecule has 0 aliphatic heterocycles. The van der Waals surface area contributed by atoms with Crippen LogP contribution in [0.4, 0.5) is 0 Å². The van der Waals surface area contributed by atoms with Crippen LogP contribution >= 0.6 is 0 Å². The van der Waals surface area contributed by atoms with E-state index in [1.165, 1.54) is 0 Å². The number of aliphatic hydroxyl groups is 1. The summed E-state index contributed by atoms with van der Waals surface area (Å²) in [6, 6.07) is 7.97. The summed E-state index contributed by atoms with van der Waals surface area (Å²) in [4.78, 5) is 23.4. The minimum absolute atomic E-state index is 0.132. The Hall–Kier alpha value is -1.75. The molecule has 4 atom stereocenters. The number of carbonyl (C=O) groups is 1. The number of hydrogen-bond acceptors (Lipinski definition) is 4. The van der Waals surface area contributed by atoms with Crippen molar-refractivity contribution in [3.8, 4) is 0 Å². The molecule has 0 bridgehead atoms. The number of nitrogens with zero attached hydrogens (tertiary/aromatic N) is 1. The molecule has 1 aliphatic rings. The first-order valence-corrected chi connectivity index (χ1v) is 7.45. The van der Waals surface area contributed by atoms with Gasteiger partial charge in [-0.25, -0.2) is 0 Å². The van der Waals surface area contributed by atoms with Gasteiger partial charge < -0.3 is 5.11 Å². The number of aliphatic hydroxyl groups excluding tert-OH is 1. The largest absolute Gasteiger partial charge is 0.392 e. The molecular formula is C16H21NO4. The van der Waals surface area contributed by atoms with Crippen molar-refractivity contribution in [1.29, 1.82) is 0 Å². The van der Waals surface area contributed by atoms with Crippen LogP contribution in [0.2, 0.25) is 0 Å². The Kier molecular flexibility index (Phi) is 5.07. The standard InChI is InChI=1S/C16H21NO4/c1-2-6-12-9-15(18)13(10-14(12)17(20)21)16(19)11-7-4-3-5-8-11/h3-5,7-8,12-15,18H,2,6,9-10H2,1H3/t12-,13+,14-,15-/m0/s1. The lowest BCUT2D eigenvalue weighted by atomic mass is 9.72. The second kappa shape index (κ2) is 6.80. The highest BCUT2D eigenvalue weighted by molar-refractivity contribution is 5.98. The normalized spacial score (nSPS) is 29.0. The second-order valence-corrected chi connectivity index (χ2v) is 5.78. The molecule has 0 spiro atoms. The van der Waals surface area contributed by atoms with E-state index in [9.17, 15) is 20.0 Å². The lowest BCUT2D eigenvalue weighted by Gasteiger charge is -2.34. The summed E-state index contributed by atoms with van der Waals surface area (Å²) < 4.78 is 0. The third-order valence-electron chi connectivity index (χ3n) is 4.37. The van der Waals surface area contributed by atoms with Gasteiger partial charge in [0.25, 0.3) is 0 Å². The highest BCUT2D eigenvalue weighted by atomic mass is 16.6.